The molecule has 0 fully saturated rings. The number of nitrogens with zero attached hydrogens (tertiary/aromatic N) is 1. The Morgan fingerprint density at radius 3 is 2.15 bits per heavy atom. The largest absolute Gasteiger partial charge is 0.494 e. The van der Waals surface area contributed by atoms with Crippen molar-refractivity contribution in [3.05, 3.63) is 41.1 Å². The summed E-state index contributed by atoms with van der Waals surface area (Å²) in [7, 11) is 0. The molecule has 6 heteroatoms. The first-order valence-corrected chi connectivity index (χ1v) is 9.26. The summed E-state index contributed by atoms with van der Waals surface area (Å²) in [6.45, 7) is 10.0. The molecular formula is C21H27NO5. The van der Waals surface area contributed by atoms with Crippen LogP contribution >= 0.6 is 0 Å². The molecule has 0 radical (unpaired) electrons. The van der Waals surface area contributed by atoms with Gasteiger partial charge in [-0.15, -0.1) is 0 Å². The minimum atomic E-state index is -0.675. The van der Waals surface area contributed by atoms with Crippen molar-refractivity contribution < 1.29 is 23.8 Å². The molecule has 0 spiro atoms. The summed E-state index contributed by atoms with van der Waals surface area (Å²) in [5.41, 5.74) is 2.39. The normalized spacial score (nSPS) is 19.4. The lowest BCUT2D eigenvalue weighted by Crippen LogP contribution is -2.36. The second kappa shape index (κ2) is 9.35. The summed E-state index contributed by atoms with van der Waals surface area (Å²) < 4.78 is 16.0. The summed E-state index contributed by atoms with van der Waals surface area (Å²) in [6, 6.07) is 7.40. The van der Waals surface area contributed by atoms with Crippen LogP contribution in [0.4, 0.5) is 0 Å². The van der Waals surface area contributed by atoms with Crippen molar-refractivity contribution in [2.75, 3.05) is 19.8 Å². The molecule has 0 bridgehead atoms. The molecule has 6 nitrogen and oxygen atoms in total. The molecule has 1 aromatic rings. The predicted molar refractivity (Wildman–Crippen MR) is 103 cm³/mol. The topological polar surface area (TPSA) is 74.2 Å². The fraction of sp³-hybridized carbons (Fsp3) is 0.476. The fourth-order valence-electron chi connectivity index (χ4n) is 3.35. The quantitative estimate of drug-likeness (QED) is 0.682. The number of rotatable bonds is 7. The average Bonchev–Trinajstić information content (AvgIpc) is 2.62. The van der Waals surface area contributed by atoms with Gasteiger partial charge >= 0.3 is 11.9 Å². The zero-order valence-electron chi connectivity index (χ0n) is 16.6. The average molecular weight is 373 g/mol. The maximum absolute atomic E-state index is 12.7. The minimum Gasteiger partial charge on any atom is -0.494 e. The highest BCUT2D eigenvalue weighted by molar-refractivity contribution is 6.07. The Morgan fingerprint density at radius 2 is 1.59 bits per heavy atom. The van der Waals surface area contributed by atoms with Crippen LogP contribution in [0.25, 0.3) is 0 Å². The van der Waals surface area contributed by atoms with Gasteiger partial charge in [-0.25, -0.2) is 4.79 Å². The first kappa shape index (κ1) is 20.7. The Bertz CT molecular complexity index is 748. The predicted octanol–water partition coefficient (Wildman–Crippen LogP) is 3.66. The standard InChI is InChI=1S/C21H27NO5/c1-6-25-16-11-9-15(10-12-16)19-17(20(23)26-7-2)13(4)22-14(5)18(19)21(24)27-8-3/h9-12,17,19H,6-8H2,1-5H3/t17?,19-/m1/s1. The summed E-state index contributed by atoms with van der Waals surface area (Å²) in [5.74, 6) is -1.32. The Kier molecular flexibility index (Phi) is 7.16. The van der Waals surface area contributed by atoms with Gasteiger partial charge in [-0.05, 0) is 52.3 Å². The number of carbonyl (C=O) groups excluding carboxylic acids is 2. The van der Waals surface area contributed by atoms with Crippen molar-refractivity contribution in [2.24, 2.45) is 10.9 Å². The molecule has 2 rings (SSSR count). The van der Waals surface area contributed by atoms with E-state index in [0.717, 1.165) is 11.3 Å². The van der Waals surface area contributed by atoms with Crippen molar-refractivity contribution in [2.45, 2.75) is 40.5 Å². The van der Waals surface area contributed by atoms with Gasteiger partial charge in [0.25, 0.3) is 0 Å². The van der Waals surface area contributed by atoms with E-state index in [0.29, 0.717) is 23.6 Å². The van der Waals surface area contributed by atoms with Gasteiger partial charge in [0.05, 0.1) is 25.4 Å². The lowest BCUT2D eigenvalue weighted by atomic mass is 9.75. The Labute approximate surface area is 160 Å². The number of aliphatic imine (C=N–C) groups is 1. The highest BCUT2D eigenvalue weighted by atomic mass is 16.5. The third-order valence-corrected chi connectivity index (χ3v) is 4.41. The summed E-state index contributed by atoms with van der Waals surface area (Å²) in [5, 5.41) is 0. The number of esters is 2. The monoisotopic (exact) mass is 373 g/mol. The zero-order valence-corrected chi connectivity index (χ0v) is 16.6. The van der Waals surface area contributed by atoms with Gasteiger partial charge in [0.15, 0.2) is 0 Å². The molecule has 0 saturated carbocycles. The van der Waals surface area contributed by atoms with Gasteiger partial charge in [0, 0.05) is 17.3 Å². The van der Waals surface area contributed by atoms with Crippen LogP contribution in [0.5, 0.6) is 5.75 Å². The molecule has 2 atom stereocenters. The molecule has 1 aromatic carbocycles. The fourth-order valence-corrected chi connectivity index (χ4v) is 3.35. The van der Waals surface area contributed by atoms with Crippen LogP contribution < -0.4 is 4.74 Å². The minimum absolute atomic E-state index is 0.248. The smallest absolute Gasteiger partial charge is 0.336 e. The molecule has 0 aliphatic carbocycles. The summed E-state index contributed by atoms with van der Waals surface area (Å²) >= 11 is 0. The molecule has 0 N–H and O–H groups in total. The number of benzene rings is 1. The number of allylic oxidation sites excluding steroid dienone is 1. The van der Waals surface area contributed by atoms with Crippen LogP contribution in [0.2, 0.25) is 0 Å². The third-order valence-electron chi connectivity index (χ3n) is 4.41. The van der Waals surface area contributed by atoms with E-state index in [1.165, 1.54) is 0 Å². The van der Waals surface area contributed by atoms with E-state index in [9.17, 15) is 9.59 Å². The van der Waals surface area contributed by atoms with Gasteiger partial charge in [-0.1, -0.05) is 12.1 Å². The van der Waals surface area contributed by atoms with Gasteiger partial charge < -0.3 is 14.2 Å². The Morgan fingerprint density at radius 1 is 0.963 bits per heavy atom. The van der Waals surface area contributed by atoms with Crippen LogP contribution in [-0.4, -0.2) is 37.5 Å². The molecule has 1 heterocycles. The van der Waals surface area contributed by atoms with E-state index in [1.54, 1.807) is 27.7 Å². The van der Waals surface area contributed by atoms with Crippen LogP contribution in [0, 0.1) is 5.92 Å². The van der Waals surface area contributed by atoms with Crippen LogP contribution in [0.15, 0.2) is 40.5 Å². The molecule has 1 aliphatic rings. The third kappa shape index (κ3) is 4.56. The highest BCUT2D eigenvalue weighted by Gasteiger charge is 2.42. The van der Waals surface area contributed by atoms with Crippen molar-refractivity contribution in [3.8, 4) is 5.75 Å². The van der Waals surface area contributed by atoms with Gasteiger partial charge in [0.1, 0.15) is 11.7 Å². The zero-order chi connectivity index (χ0) is 20.0. The maximum Gasteiger partial charge on any atom is 0.336 e. The van der Waals surface area contributed by atoms with E-state index >= 15 is 0 Å². The van der Waals surface area contributed by atoms with E-state index < -0.39 is 23.8 Å². The number of hydrogen-bond acceptors (Lipinski definition) is 6. The lowest BCUT2D eigenvalue weighted by Gasteiger charge is -2.31. The van der Waals surface area contributed by atoms with E-state index in [1.807, 2.05) is 31.2 Å². The maximum atomic E-state index is 12.7. The van der Waals surface area contributed by atoms with E-state index in [2.05, 4.69) is 4.99 Å². The summed E-state index contributed by atoms with van der Waals surface area (Å²) in [6.07, 6.45) is 0. The second-order valence-corrected chi connectivity index (χ2v) is 6.18. The Hall–Kier alpha value is -2.63. The lowest BCUT2D eigenvalue weighted by molar-refractivity contribution is -0.146. The highest BCUT2D eigenvalue weighted by Crippen LogP contribution is 2.40. The molecule has 1 unspecified atom stereocenters. The van der Waals surface area contributed by atoms with E-state index in [-0.39, 0.29) is 13.2 Å². The number of ether oxygens (including phenoxy) is 3. The summed E-state index contributed by atoms with van der Waals surface area (Å²) in [4.78, 5) is 29.8. The van der Waals surface area contributed by atoms with Crippen LogP contribution in [0.1, 0.15) is 46.1 Å². The van der Waals surface area contributed by atoms with Crippen molar-refractivity contribution in [1.29, 1.82) is 0 Å². The first-order valence-electron chi connectivity index (χ1n) is 9.26. The molecule has 0 amide bonds. The molecule has 27 heavy (non-hydrogen) atoms. The first-order chi connectivity index (χ1) is 12.9. The molecule has 0 aromatic heterocycles. The van der Waals surface area contributed by atoms with Crippen molar-refractivity contribution in [3.63, 3.8) is 0 Å². The molecule has 1 aliphatic heterocycles. The molecule has 0 saturated heterocycles. The van der Waals surface area contributed by atoms with Gasteiger partial charge in [-0.2, -0.15) is 0 Å². The number of carbonyl (C=O) groups is 2. The molecular weight excluding hydrogens is 346 g/mol. The van der Waals surface area contributed by atoms with Crippen molar-refractivity contribution in [1.82, 2.24) is 0 Å². The van der Waals surface area contributed by atoms with Crippen LogP contribution in [-0.2, 0) is 19.1 Å². The molecule has 146 valence electrons. The SMILES string of the molecule is CCOC(=O)C1=C(C)N=C(C)C(C(=O)OCC)[C@H]1c1ccc(OCC)cc1. The number of hydrogen-bond donors (Lipinski definition) is 0. The second-order valence-electron chi connectivity index (χ2n) is 6.18. The van der Waals surface area contributed by atoms with Gasteiger partial charge in [0.2, 0.25) is 0 Å². The Balaban J connectivity index is 2.55. The van der Waals surface area contributed by atoms with Crippen molar-refractivity contribution >= 4 is 17.7 Å². The van der Waals surface area contributed by atoms with E-state index in [4.69, 9.17) is 14.2 Å². The van der Waals surface area contributed by atoms with Gasteiger partial charge in [-0.3, -0.25) is 9.79 Å². The van der Waals surface area contributed by atoms with Crippen LogP contribution in [0.3, 0.4) is 0 Å².